The molecule has 0 N–H and O–H groups in total. The molecule has 1 heteroatoms. The summed E-state index contributed by atoms with van der Waals surface area (Å²) in [6.07, 6.45) is 0. The molecular weight excluding hydrogens is 639 g/mol. The summed E-state index contributed by atoms with van der Waals surface area (Å²) in [6.45, 7) is 4.72. The fourth-order valence-electron chi connectivity index (χ4n) is 9.66. The van der Waals surface area contributed by atoms with Gasteiger partial charge in [0.15, 0.2) is 0 Å². The van der Waals surface area contributed by atoms with Crippen LogP contribution in [0.4, 0.5) is 0 Å². The van der Waals surface area contributed by atoms with E-state index in [-0.39, 0.29) is 5.41 Å². The van der Waals surface area contributed by atoms with Gasteiger partial charge in [-0.05, 0) is 117 Å². The monoisotopic (exact) mass is 671 g/mol. The van der Waals surface area contributed by atoms with Crippen molar-refractivity contribution in [1.29, 1.82) is 0 Å². The molecule has 0 saturated heterocycles. The summed E-state index contributed by atoms with van der Waals surface area (Å²) in [7, 11) is 0. The van der Waals surface area contributed by atoms with E-state index in [0.29, 0.717) is 0 Å². The minimum absolute atomic E-state index is 0.180. The molecule has 10 aromatic carbocycles. The molecule has 1 nitrogen and oxygen atoms in total. The molecule has 11 aromatic rings. The van der Waals surface area contributed by atoms with Gasteiger partial charge in [-0.2, -0.15) is 0 Å². The van der Waals surface area contributed by atoms with Gasteiger partial charge in [0.25, 0.3) is 0 Å². The van der Waals surface area contributed by atoms with Crippen molar-refractivity contribution in [2.24, 2.45) is 0 Å². The van der Waals surface area contributed by atoms with Gasteiger partial charge < -0.3 is 0 Å². The van der Waals surface area contributed by atoms with Crippen molar-refractivity contribution in [3.63, 3.8) is 0 Å². The Labute approximate surface area is 307 Å². The van der Waals surface area contributed by atoms with Crippen LogP contribution in [0.5, 0.6) is 0 Å². The van der Waals surface area contributed by atoms with E-state index >= 15 is 0 Å². The molecule has 0 saturated carbocycles. The van der Waals surface area contributed by atoms with Gasteiger partial charge in [0.1, 0.15) is 0 Å². The van der Waals surface area contributed by atoms with Gasteiger partial charge >= 0.3 is 0 Å². The van der Waals surface area contributed by atoms with Crippen LogP contribution in [0.25, 0.3) is 109 Å². The average molecular weight is 672 g/mol. The van der Waals surface area contributed by atoms with E-state index in [0.717, 1.165) is 11.2 Å². The maximum atomic E-state index is 5.49. The molecule has 1 aromatic heterocycles. The van der Waals surface area contributed by atoms with Crippen molar-refractivity contribution < 1.29 is 0 Å². The van der Waals surface area contributed by atoms with Crippen LogP contribution in [0, 0.1) is 0 Å². The first-order chi connectivity index (χ1) is 26.0. The van der Waals surface area contributed by atoms with Gasteiger partial charge in [-0.25, -0.2) is 4.98 Å². The Morgan fingerprint density at radius 1 is 0.358 bits per heavy atom. The molecule has 0 atom stereocenters. The third-order valence-corrected chi connectivity index (χ3v) is 12.3. The molecule has 0 amide bonds. The van der Waals surface area contributed by atoms with Gasteiger partial charge in [0.05, 0.1) is 11.2 Å². The maximum absolute atomic E-state index is 5.49. The number of nitrogens with zero attached hydrogens (tertiary/aromatic N) is 1. The molecule has 0 fully saturated rings. The van der Waals surface area contributed by atoms with E-state index in [4.69, 9.17) is 4.98 Å². The summed E-state index contributed by atoms with van der Waals surface area (Å²) in [5.41, 5.74) is 10.9. The van der Waals surface area contributed by atoms with Crippen molar-refractivity contribution in [2.75, 3.05) is 0 Å². The highest BCUT2D eigenvalue weighted by Crippen LogP contribution is 2.51. The number of rotatable bonds is 2. The molecule has 53 heavy (non-hydrogen) atoms. The maximum Gasteiger partial charge on any atom is 0.0794 e. The number of hydrogen-bond donors (Lipinski definition) is 0. The average Bonchev–Trinajstić information content (AvgIpc) is 3.43. The predicted molar refractivity (Wildman–Crippen MR) is 226 cm³/mol. The molecule has 1 heterocycles. The van der Waals surface area contributed by atoms with E-state index in [1.807, 2.05) is 0 Å². The van der Waals surface area contributed by atoms with E-state index in [2.05, 4.69) is 178 Å². The van der Waals surface area contributed by atoms with E-state index in [1.54, 1.807) is 0 Å². The molecule has 0 unspecified atom stereocenters. The van der Waals surface area contributed by atoms with Crippen molar-refractivity contribution in [3.8, 4) is 33.5 Å². The first kappa shape index (κ1) is 29.1. The molecule has 246 valence electrons. The number of fused-ring (bicyclic) bond motifs is 10. The van der Waals surface area contributed by atoms with Gasteiger partial charge in [-0.15, -0.1) is 0 Å². The summed E-state index contributed by atoms with van der Waals surface area (Å²) in [5.74, 6) is 0. The zero-order valence-corrected chi connectivity index (χ0v) is 29.5. The van der Waals surface area contributed by atoms with Crippen LogP contribution in [0.15, 0.2) is 164 Å². The van der Waals surface area contributed by atoms with E-state index < -0.39 is 0 Å². The Bertz CT molecular complexity index is 3350. The molecule has 0 radical (unpaired) electrons. The van der Waals surface area contributed by atoms with E-state index in [9.17, 15) is 0 Å². The van der Waals surface area contributed by atoms with Crippen molar-refractivity contribution >= 4 is 75.5 Å². The lowest BCUT2D eigenvalue weighted by molar-refractivity contribution is 0.660. The lowest BCUT2D eigenvalue weighted by Crippen LogP contribution is -2.15. The number of aromatic nitrogens is 1. The number of benzene rings is 10. The molecule has 1 aliphatic rings. The first-order valence-electron chi connectivity index (χ1n) is 18.6. The third-order valence-electron chi connectivity index (χ3n) is 12.3. The summed E-state index contributed by atoms with van der Waals surface area (Å²) in [6, 6.07) is 61.1. The minimum Gasteiger partial charge on any atom is -0.247 e. The zero-order chi connectivity index (χ0) is 35.0. The van der Waals surface area contributed by atoms with Crippen molar-refractivity contribution in [2.45, 2.75) is 19.3 Å². The lowest BCUT2D eigenvalue weighted by atomic mass is 9.81. The Hall–Kier alpha value is -6.57. The van der Waals surface area contributed by atoms with Crippen LogP contribution in [0.2, 0.25) is 0 Å². The fourth-order valence-corrected chi connectivity index (χ4v) is 9.66. The molecule has 1 aliphatic carbocycles. The van der Waals surface area contributed by atoms with Gasteiger partial charge in [0, 0.05) is 21.8 Å². The molecular formula is C52H33N. The Balaban J connectivity index is 0.963. The Morgan fingerprint density at radius 2 is 0.906 bits per heavy atom. The molecule has 0 bridgehead atoms. The highest BCUT2D eigenvalue weighted by molar-refractivity contribution is 6.26. The van der Waals surface area contributed by atoms with Crippen LogP contribution in [-0.2, 0) is 5.41 Å². The second-order valence-corrected chi connectivity index (χ2v) is 15.5. The van der Waals surface area contributed by atoms with Gasteiger partial charge in [-0.1, -0.05) is 153 Å². The second kappa shape index (κ2) is 10.3. The van der Waals surface area contributed by atoms with Crippen molar-refractivity contribution in [3.05, 3.63) is 175 Å². The highest BCUT2D eigenvalue weighted by atomic mass is 14.7. The summed E-state index contributed by atoms with van der Waals surface area (Å²) in [5, 5.41) is 16.7. The Morgan fingerprint density at radius 3 is 1.68 bits per heavy atom. The van der Waals surface area contributed by atoms with Crippen molar-refractivity contribution in [1.82, 2.24) is 4.98 Å². The van der Waals surface area contributed by atoms with E-state index in [1.165, 1.54) is 109 Å². The molecule has 0 aliphatic heterocycles. The highest BCUT2D eigenvalue weighted by Gasteiger charge is 2.37. The summed E-state index contributed by atoms with van der Waals surface area (Å²) < 4.78 is 0. The number of hydrogen-bond acceptors (Lipinski definition) is 1. The quantitative estimate of drug-likeness (QED) is 0.167. The van der Waals surface area contributed by atoms with Crippen LogP contribution in [-0.4, -0.2) is 4.98 Å². The fraction of sp³-hybridized carbons (Fsp3) is 0.0577. The Kier molecular flexibility index (Phi) is 5.63. The topological polar surface area (TPSA) is 12.9 Å². The summed E-state index contributed by atoms with van der Waals surface area (Å²) in [4.78, 5) is 5.49. The third kappa shape index (κ3) is 3.94. The lowest BCUT2D eigenvalue weighted by Gasteiger charge is -2.22. The first-order valence-corrected chi connectivity index (χ1v) is 18.6. The smallest absolute Gasteiger partial charge is 0.0794 e. The second-order valence-electron chi connectivity index (χ2n) is 15.5. The van der Waals surface area contributed by atoms with Gasteiger partial charge in [-0.3, -0.25) is 0 Å². The van der Waals surface area contributed by atoms with Crippen LogP contribution in [0.1, 0.15) is 25.0 Å². The largest absolute Gasteiger partial charge is 0.247 e. The van der Waals surface area contributed by atoms with Crippen LogP contribution < -0.4 is 0 Å². The normalized spacial score (nSPS) is 13.6. The van der Waals surface area contributed by atoms with Crippen LogP contribution >= 0.6 is 0 Å². The standard InChI is InChI=1S/C52H33N/c1-52(2)46-28-36(22-25-44(46)51-47(52)29-45-41-12-4-3-10-39(41)40-11-5-6-13-43(40)50(45)53-51)34-16-17-35-27-37(19-18-33(35)26-34)38-23-20-32-15-14-30-8-7-9-31-21-24-42(38)49(32)48(30)31/h3-29H,1-2H3. The molecule has 0 spiro atoms. The van der Waals surface area contributed by atoms with Crippen LogP contribution in [0.3, 0.4) is 0 Å². The van der Waals surface area contributed by atoms with Gasteiger partial charge in [0.2, 0.25) is 0 Å². The number of pyridine rings is 1. The minimum atomic E-state index is -0.180. The predicted octanol–water partition coefficient (Wildman–Crippen LogP) is 14.2. The summed E-state index contributed by atoms with van der Waals surface area (Å²) >= 11 is 0. The molecule has 12 rings (SSSR count). The zero-order valence-electron chi connectivity index (χ0n) is 29.5. The SMILES string of the molecule is CC1(C)c2cc(-c3ccc4cc(-c5ccc6ccc7cccc8ccc5c6c78)ccc4c3)ccc2-c2nc3c4ccccc4c4ccccc4c3cc21.